The first-order chi connectivity index (χ1) is 16.0. The maximum Gasteiger partial charge on any atom is 0.162 e. The summed E-state index contributed by atoms with van der Waals surface area (Å²) in [6, 6.07) is 43.9. The maximum absolute atomic E-state index is 4.50. The zero-order valence-corrected chi connectivity index (χ0v) is 20.6. The van der Waals surface area contributed by atoms with E-state index in [1.807, 2.05) is 0 Å². The number of benzene rings is 4. The summed E-state index contributed by atoms with van der Waals surface area (Å²) in [5.41, 5.74) is 1.01. The van der Waals surface area contributed by atoms with E-state index in [1.165, 1.54) is 21.1 Å². The molecule has 0 N–H and O–H groups in total. The third-order valence-corrected chi connectivity index (χ3v) is 13.3. The molecule has 0 saturated heterocycles. The molecule has 0 aliphatic heterocycles. The number of allylic oxidation sites excluding steroid dienone is 2. The van der Waals surface area contributed by atoms with Gasteiger partial charge in [-0.05, 0) is 21.1 Å². The Labute approximate surface area is 200 Å². The average molecular weight is 445 g/mol. The standard InChI is InChI=1S/C32H32Si/c1-5-32(6-2,31(3,4)27-19-11-7-12-20-27)33(28-21-13-8-14-22-28,29-23-15-9-16-24-29)30-25-17-10-18-26-30/h5-26H,1-2H2,3-4H3. The molecule has 0 aliphatic rings. The van der Waals surface area contributed by atoms with Crippen molar-refractivity contribution < 1.29 is 0 Å². The largest absolute Gasteiger partial charge is 0.162 e. The van der Waals surface area contributed by atoms with Crippen molar-refractivity contribution >= 4 is 23.6 Å². The van der Waals surface area contributed by atoms with Crippen molar-refractivity contribution in [2.24, 2.45) is 0 Å². The zero-order valence-electron chi connectivity index (χ0n) is 19.6. The Morgan fingerprint density at radius 2 is 0.818 bits per heavy atom. The summed E-state index contributed by atoms with van der Waals surface area (Å²) >= 11 is 0. The van der Waals surface area contributed by atoms with Gasteiger partial charge in [0.2, 0.25) is 0 Å². The van der Waals surface area contributed by atoms with Crippen LogP contribution in [-0.4, -0.2) is 8.07 Å². The molecule has 4 aromatic rings. The summed E-state index contributed by atoms with van der Waals surface area (Å²) in [4.78, 5) is 0. The Balaban J connectivity index is 2.22. The molecule has 0 atom stereocenters. The Morgan fingerprint density at radius 3 is 1.12 bits per heavy atom. The van der Waals surface area contributed by atoms with Crippen LogP contribution in [0.1, 0.15) is 19.4 Å². The van der Waals surface area contributed by atoms with Crippen molar-refractivity contribution in [1.82, 2.24) is 0 Å². The summed E-state index contributed by atoms with van der Waals surface area (Å²) in [7, 11) is -2.76. The van der Waals surface area contributed by atoms with Crippen LogP contribution in [0, 0.1) is 0 Å². The molecular weight excluding hydrogens is 412 g/mol. The van der Waals surface area contributed by atoms with Crippen LogP contribution in [0.3, 0.4) is 0 Å². The van der Waals surface area contributed by atoms with E-state index in [-0.39, 0.29) is 5.41 Å². The normalized spacial score (nSPS) is 12.2. The van der Waals surface area contributed by atoms with Crippen LogP contribution >= 0.6 is 0 Å². The molecular formula is C32H32Si. The van der Waals surface area contributed by atoms with Gasteiger partial charge >= 0.3 is 0 Å². The van der Waals surface area contributed by atoms with Gasteiger partial charge in [0.15, 0.2) is 8.07 Å². The topological polar surface area (TPSA) is 0 Å². The van der Waals surface area contributed by atoms with Crippen molar-refractivity contribution in [3.8, 4) is 0 Å². The molecule has 0 nitrogen and oxygen atoms in total. The highest BCUT2D eigenvalue weighted by Crippen LogP contribution is 2.55. The van der Waals surface area contributed by atoms with E-state index in [0.29, 0.717) is 0 Å². The van der Waals surface area contributed by atoms with E-state index in [9.17, 15) is 0 Å². The molecule has 4 aromatic carbocycles. The fourth-order valence-electron chi connectivity index (χ4n) is 5.74. The summed E-state index contributed by atoms with van der Waals surface area (Å²) in [6.45, 7) is 13.7. The van der Waals surface area contributed by atoms with E-state index < -0.39 is 13.1 Å². The van der Waals surface area contributed by atoms with E-state index in [0.717, 1.165) is 0 Å². The highest BCUT2D eigenvalue weighted by molar-refractivity contribution is 7.14. The zero-order chi connectivity index (χ0) is 23.4. The molecule has 0 radical (unpaired) electrons. The summed E-state index contributed by atoms with van der Waals surface area (Å²) in [5.74, 6) is 0. The van der Waals surface area contributed by atoms with Gasteiger partial charge in [0.1, 0.15) is 0 Å². The lowest BCUT2D eigenvalue weighted by Crippen LogP contribution is -2.76. The highest BCUT2D eigenvalue weighted by Gasteiger charge is 2.60. The van der Waals surface area contributed by atoms with Gasteiger partial charge in [-0.15, -0.1) is 13.2 Å². The van der Waals surface area contributed by atoms with Crippen LogP contribution in [0.2, 0.25) is 5.04 Å². The van der Waals surface area contributed by atoms with Crippen molar-refractivity contribution in [2.45, 2.75) is 24.3 Å². The van der Waals surface area contributed by atoms with Crippen LogP contribution in [0.15, 0.2) is 147 Å². The van der Waals surface area contributed by atoms with E-state index in [2.05, 4.69) is 160 Å². The summed E-state index contributed by atoms with van der Waals surface area (Å²) in [5, 5.41) is 3.63. The van der Waals surface area contributed by atoms with Gasteiger partial charge in [-0.25, -0.2) is 0 Å². The summed E-state index contributed by atoms with van der Waals surface area (Å²) in [6.07, 6.45) is 4.37. The van der Waals surface area contributed by atoms with Crippen LogP contribution < -0.4 is 15.6 Å². The van der Waals surface area contributed by atoms with Gasteiger partial charge in [-0.3, -0.25) is 0 Å². The van der Waals surface area contributed by atoms with E-state index >= 15 is 0 Å². The fraction of sp³-hybridized carbons (Fsp3) is 0.125. The molecule has 1 heteroatoms. The Hall–Kier alpha value is -3.42. The van der Waals surface area contributed by atoms with Crippen molar-refractivity contribution in [1.29, 1.82) is 0 Å². The molecule has 0 bridgehead atoms. The lowest BCUT2D eigenvalue weighted by Gasteiger charge is -2.55. The van der Waals surface area contributed by atoms with Gasteiger partial charge in [-0.2, -0.15) is 0 Å². The van der Waals surface area contributed by atoms with Gasteiger partial charge in [0.05, 0.1) is 0 Å². The molecule has 0 heterocycles. The molecule has 0 unspecified atom stereocenters. The Kier molecular flexibility index (Phi) is 6.35. The van der Waals surface area contributed by atoms with Gasteiger partial charge < -0.3 is 0 Å². The van der Waals surface area contributed by atoms with Crippen LogP contribution in [0.25, 0.3) is 0 Å². The maximum atomic E-state index is 4.50. The molecule has 0 fully saturated rings. The molecule has 33 heavy (non-hydrogen) atoms. The number of hydrogen-bond acceptors (Lipinski definition) is 0. The predicted molar refractivity (Wildman–Crippen MR) is 147 cm³/mol. The fourth-order valence-corrected chi connectivity index (χ4v) is 11.9. The smallest absolute Gasteiger partial charge is 0.102 e. The van der Waals surface area contributed by atoms with Gasteiger partial charge in [0, 0.05) is 10.5 Å². The van der Waals surface area contributed by atoms with Gasteiger partial charge in [-0.1, -0.05) is 147 Å². The minimum Gasteiger partial charge on any atom is -0.102 e. The first-order valence-corrected chi connectivity index (χ1v) is 13.5. The highest BCUT2D eigenvalue weighted by atomic mass is 28.3. The quantitative estimate of drug-likeness (QED) is 0.171. The average Bonchev–Trinajstić information content (AvgIpc) is 2.89. The molecule has 0 saturated carbocycles. The molecule has 0 amide bonds. The van der Waals surface area contributed by atoms with Crippen LogP contribution in [-0.2, 0) is 5.41 Å². The first kappa shape index (κ1) is 22.8. The number of hydrogen-bond donors (Lipinski definition) is 0. The van der Waals surface area contributed by atoms with Crippen LogP contribution in [0.4, 0.5) is 0 Å². The molecule has 0 aliphatic carbocycles. The monoisotopic (exact) mass is 444 g/mol. The van der Waals surface area contributed by atoms with Gasteiger partial charge in [0.25, 0.3) is 0 Å². The van der Waals surface area contributed by atoms with Crippen molar-refractivity contribution in [2.75, 3.05) is 0 Å². The SMILES string of the molecule is C=CC(C=C)(C(C)(C)c1ccccc1)[Si](c1ccccc1)(c1ccccc1)c1ccccc1. The lowest BCUT2D eigenvalue weighted by molar-refractivity contribution is 0.453. The second-order valence-electron chi connectivity index (χ2n) is 9.12. The Morgan fingerprint density at radius 1 is 0.515 bits per heavy atom. The third-order valence-electron chi connectivity index (χ3n) is 7.41. The minimum atomic E-state index is -2.76. The second-order valence-corrected chi connectivity index (χ2v) is 13.2. The molecule has 0 spiro atoms. The number of rotatable bonds is 8. The first-order valence-electron chi connectivity index (χ1n) is 11.5. The Bertz CT molecular complexity index is 1090. The second kappa shape index (κ2) is 9.21. The molecule has 0 aromatic heterocycles. The third kappa shape index (κ3) is 3.44. The molecule has 4 rings (SSSR count). The molecule has 164 valence electrons. The predicted octanol–water partition coefficient (Wildman–Crippen LogP) is 6.25. The van der Waals surface area contributed by atoms with Crippen LogP contribution in [0.5, 0.6) is 0 Å². The van der Waals surface area contributed by atoms with Crippen molar-refractivity contribution in [3.05, 3.63) is 152 Å². The summed E-state index contributed by atoms with van der Waals surface area (Å²) < 4.78 is 0. The lowest BCUT2D eigenvalue weighted by atomic mass is 9.72. The minimum absolute atomic E-state index is 0.272. The van der Waals surface area contributed by atoms with E-state index in [4.69, 9.17) is 0 Å². The van der Waals surface area contributed by atoms with Crippen molar-refractivity contribution in [3.63, 3.8) is 0 Å². The van der Waals surface area contributed by atoms with E-state index in [1.54, 1.807) is 0 Å².